The van der Waals surface area contributed by atoms with E-state index in [1.54, 1.807) is 0 Å². The average molecular weight is 370 g/mol. The molecule has 0 bridgehead atoms. The highest BCUT2D eigenvalue weighted by molar-refractivity contribution is 5.94. The Kier molecular flexibility index (Phi) is 6.00. The number of esters is 1. The second kappa shape index (κ2) is 8.26. The molecule has 2 atom stereocenters. The van der Waals surface area contributed by atoms with Crippen LogP contribution >= 0.6 is 0 Å². The number of allylic oxidation sites excluding steroid dienone is 1. The van der Waals surface area contributed by atoms with E-state index in [0.29, 0.717) is 31.6 Å². The molecule has 0 radical (unpaired) electrons. The summed E-state index contributed by atoms with van der Waals surface area (Å²) in [6.45, 7) is 12.3. The monoisotopic (exact) mass is 370 g/mol. The van der Waals surface area contributed by atoms with E-state index in [2.05, 4.69) is 30.6 Å². The van der Waals surface area contributed by atoms with Crippen LogP contribution in [0.3, 0.4) is 0 Å². The Morgan fingerprint density at radius 2 is 2.00 bits per heavy atom. The van der Waals surface area contributed by atoms with Crippen LogP contribution in [-0.4, -0.2) is 49.6 Å². The van der Waals surface area contributed by atoms with Gasteiger partial charge in [0.1, 0.15) is 0 Å². The lowest BCUT2D eigenvalue weighted by atomic mass is 9.75. The van der Waals surface area contributed by atoms with Crippen molar-refractivity contribution >= 4 is 11.9 Å². The molecule has 5 nitrogen and oxygen atoms in total. The summed E-state index contributed by atoms with van der Waals surface area (Å²) >= 11 is 0. The second-order valence-electron chi connectivity index (χ2n) is 7.74. The van der Waals surface area contributed by atoms with Crippen molar-refractivity contribution in [2.75, 3.05) is 32.8 Å². The fraction of sp³-hybridized carbons (Fsp3) is 0.545. The predicted molar refractivity (Wildman–Crippen MR) is 106 cm³/mol. The van der Waals surface area contributed by atoms with Crippen LogP contribution in [0, 0.1) is 11.3 Å². The van der Waals surface area contributed by atoms with Crippen LogP contribution in [0.1, 0.15) is 42.6 Å². The van der Waals surface area contributed by atoms with Gasteiger partial charge in [-0.1, -0.05) is 38.1 Å². The molecule has 2 aliphatic rings. The first-order valence-electron chi connectivity index (χ1n) is 9.92. The zero-order valence-electron chi connectivity index (χ0n) is 16.4. The van der Waals surface area contributed by atoms with Crippen LogP contribution in [0.5, 0.6) is 0 Å². The van der Waals surface area contributed by atoms with Crippen molar-refractivity contribution < 1.29 is 14.3 Å². The number of fused-ring (bicyclic) bond motifs is 1. The molecular weight excluding hydrogens is 340 g/mol. The largest absolute Gasteiger partial charge is 0.465 e. The van der Waals surface area contributed by atoms with Gasteiger partial charge in [-0.3, -0.25) is 9.59 Å². The van der Waals surface area contributed by atoms with E-state index in [4.69, 9.17) is 4.74 Å². The number of likely N-dealkylation sites (N-methyl/N-ethyl adjacent to an activating group) is 1. The third-order valence-electron chi connectivity index (χ3n) is 6.05. The maximum atomic E-state index is 12.4. The van der Waals surface area contributed by atoms with Gasteiger partial charge in [0, 0.05) is 24.6 Å². The number of rotatable bonds is 8. The Balaban J connectivity index is 1.59. The number of benzene rings is 1. The zero-order valence-corrected chi connectivity index (χ0v) is 16.4. The smallest absolute Gasteiger partial charge is 0.313 e. The molecule has 0 aromatic heterocycles. The molecule has 0 spiro atoms. The number of amides is 1. The fourth-order valence-corrected chi connectivity index (χ4v) is 4.37. The van der Waals surface area contributed by atoms with Crippen LogP contribution in [0.4, 0.5) is 0 Å². The number of cyclic esters (lactones) is 1. The third kappa shape index (κ3) is 4.08. The summed E-state index contributed by atoms with van der Waals surface area (Å²) in [5.74, 6) is 0.0872. The topological polar surface area (TPSA) is 58.6 Å². The van der Waals surface area contributed by atoms with E-state index < -0.39 is 5.41 Å². The summed E-state index contributed by atoms with van der Waals surface area (Å²) in [6.07, 6.45) is 2.24. The van der Waals surface area contributed by atoms with Crippen LogP contribution < -0.4 is 5.32 Å². The number of hydrogen-bond acceptors (Lipinski definition) is 4. The lowest BCUT2D eigenvalue weighted by Gasteiger charge is -2.24. The Hall–Kier alpha value is -2.14. The molecule has 1 aliphatic heterocycles. The number of hydrogen-bond donors (Lipinski definition) is 1. The first-order valence-corrected chi connectivity index (χ1v) is 9.92. The molecule has 3 rings (SSSR count). The van der Waals surface area contributed by atoms with Gasteiger partial charge in [-0.25, -0.2) is 0 Å². The first kappa shape index (κ1) is 19.6. The number of ether oxygens (including phenoxy) is 1. The Labute approximate surface area is 161 Å². The maximum Gasteiger partial charge on any atom is 0.313 e. The lowest BCUT2D eigenvalue weighted by Crippen LogP contribution is -2.34. The Morgan fingerprint density at radius 3 is 2.67 bits per heavy atom. The van der Waals surface area contributed by atoms with Crippen molar-refractivity contribution in [3.8, 4) is 0 Å². The van der Waals surface area contributed by atoms with Gasteiger partial charge < -0.3 is 15.0 Å². The highest BCUT2D eigenvalue weighted by Gasteiger charge is 2.55. The minimum Gasteiger partial charge on any atom is -0.465 e. The summed E-state index contributed by atoms with van der Waals surface area (Å²) in [7, 11) is 0. The predicted octanol–water partition coefficient (Wildman–Crippen LogP) is 2.81. The van der Waals surface area contributed by atoms with E-state index in [1.807, 2.05) is 24.3 Å². The first-order chi connectivity index (χ1) is 13.0. The van der Waals surface area contributed by atoms with Gasteiger partial charge in [0.2, 0.25) is 0 Å². The molecule has 5 heteroatoms. The molecule has 1 aromatic carbocycles. The molecule has 2 fully saturated rings. The minimum atomic E-state index is -0.454. The van der Waals surface area contributed by atoms with Gasteiger partial charge in [0.05, 0.1) is 12.0 Å². The van der Waals surface area contributed by atoms with E-state index in [-0.39, 0.29) is 17.8 Å². The van der Waals surface area contributed by atoms with Crippen molar-refractivity contribution in [2.24, 2.45) is 11.3 Å². The zero-order chi connectivity index (χ0) is 19.4. The second-order valence-corrected chi connectivity index (χ2v) is 7.74. The lowest BCUT2D eigenvalue weighted by molar-refractivity contribution is -0.146. The van der Waals surface area contributed by atoms with E-state index in [9.17, 15) is 9.59 Å². The molecule has 1 saturated heterocycles. The number of nitrogens with zero attached hydrogens (tertiary/aromatic N) is 1. The van der Waals surface area contributed by atoms with E-state index >= 15 is 0 Å². The quantitative estimate of drug-likeness (QED) is 0.565. The van der Waals surface area contributed by atoms with Gasteiger partial charge in [-0.15, -0.1) is 0 Å². The number of carbonyl (C=O) groups excluding carboxylic acids is 2. The fourth-order valence-electron chi connectivity index (χ4n) is 4.37. The molecule has 1 N–H and O–H groups in total. The molecule has 2 unspecified atom stereocenters. The van der Waals surface area contributed by atoms with Crippen molar-refractivity contribution in [2.45, 2.75) is 33.1 Å². The van der Waals surface area contributed by atoms with Crippen molar-refractivity contribution in [1.29, 1.82) is 0 Å². The van der Waals surface area contributed by atoms with Gasteiger partial charge in [-0.2, -0.15) is 0 Å². The SMILES string of the molecule is C=C1CC2COC(=O)C2(Cc2ccc(C(=O)NCCN(CC)CC)cc2)C1. The highest BCUT2D eigenvalue weighted by Crippen LogP contribution is 2.52. The van der Waals surface area contributed by atoms with Crippen LogP contribution in [0.2, 0.25) is 0 Å². The summed E-state index contributed by atoms with van der Waals surface area (Å²) < 4.78 is 5.34. The van der Waals surface area contributed by atoms with Gasteiger partial charge in [0.25, 0.3) is 5.91 Å². The van der Waals surface area contributed by atoms with E-state index in [1.165, 1.54) is 0 Å². The molecule has 1 amide bonds. The highest BCUT2D eigenvalue weighted by atomic mass is 16.5. The summed E-state index contributed by atoms with van der Waals surface area (Å²) in [5, 5.41) is 2.97. The summed E-state index contributed by atoms with van der Waals surface area (Å²) in [6, 6.07) is 7.60. The minimum absolute atomic E-state index is 0.0562. The molecular formula is C22H30N2O3. The maximum absolute atomic E-state index is 12.4. The molecule has 1 aromatic rings. The van der Waals surface area contributed by atoms with Crippen molar-refractivity contribution in [1.82, 2.24) is 10.2 Å². The molecule has 1 heterocycles. The molecule has 27 heavy (non-hydrogen) atoms. The van der Waals surface area contributed by atoms with Crippen LogP contribution in [0.15, 0.2) is 36.4 Å². The van der Waals surface area contributed by atoms with Gasteiger partial charge in [0.15, 0.2) is 0 Å². The standard InChI is InChI=1S/C22H30N2O3/c1-4-24(5-2)11-10-23-20(25)18-8-6-17(7-9-18)14-22-13-16(3)12-19(22)15-27-21(22)26/h6-9,19H,3-5,10-15H2,1-2H3,(H,23,25). The Bertz CT molecular complexity index is 709. The molecule has 1 aliphatic carbocycles. The summed E-state index contributed by atoms with van der Waals surface area (Å²) in [4.78, 5) is 27.0. The van der Waals surface area contributed by atoms with Crippen LogP contribution in [-0.2, 0) is 16.0 Å². The van der Waals surface area contributed by atoms with E-state index in [0.717, 1.165) is 37.2 Å². The van der Waals surface area contributed by atoms with Crippen molar-refractivity contribution in [3.63, 3.8) is 0 Å². The van der Waals surface area contributed by atoms with Gasteiger partial charge in [-0.05, 0) is 50.0 Å². The van der Waals surface area contributed by atoms with Crippen LogP contribution in [0.25, 0.3) is 0 Å². The normalized spacial score (nSPS) is 24.2. The number of nitrogens with one attached hydrogen (secondary N) is 1. The third-order valence-corrected chi connectivity index (χ3v) is 6.05. The van der Waals surface area contributed by atoms with Crippen molar-refractivity contribution in [3.05, 3.63) is 47.5 Å². The molecule has 1 saturated carbocycles. The van der Waals surface area contributed by atoms with Gasteiger partial charge >= 0.3 is 5.97 Å². The Morgan fingerprint density at radius 1 is 1.30 bits per heavy atom. The number of carbonyl (C=O) groups is 2. The average Bonchev–Trinajstić information content (AvgIpc) is 3.13. The molecule has 146 valence electrons. The summed E-state index contributed by atoms with van der Waals surface area (Å²) in [5.41, 5.74) is 2.40.